The van der Waals surface area contributed by atoms with Gasteiger partial charge in [0, 0.05) is 17.6 Å². The highest BCUT2D eigenvalue weighted by Crippen LogP contribution is 2.24. The van der Waals surface area contributed by atoms with Crippen molar-refractivity contribution in [3.05, 3.63) is 59.5 Å². The Kier molecular flexibility index (Phi) is 4.18. The van der Waals surface area contributed by atoms with Gasteiger partial charge in [-0.1, -0.05) is 36.4 Å². The fraction of sp³-hybridized carbons (Fsp3) is 0. The molecule has 4 nitrogen and oxygen atoms in total. The van der Waals surface area contributed by atoms with Crippen LogP contribution in [-0.4, -0.2) is 15.3 Å². The molecular formula is C15H11N3OS2. The summed E-state index contributed by atoms with van der Waals surface area (Å²) in [5.74, 6) is 0.435. The summed E-state index contributed by atoms with van der Waals surface area (Å²) in [4.78, 5) is 17.1. The van der Waals surface area contributed by atoms with E-state index in [2.05, 4.69) is 14.7 Å². The fourth-order valence-electron chi connectivity index (χ4n) is 1.66. The van der Waals surface area contributed by atoms with Crippen LogP contribution in [0.3, 0.4) is 0 Å². The van der Waals surface area contributed by atoms with Crippen molar-refractivity contribution >= 4 is 40.0 Å². The maximum atomic E-state index is 11.8. The molecule has 21 heavy (non-hydrogen) atoms. The van der Waals surface area contributed by atoms with E-state index >= 15 is 0 Å². The first-order valence-corrected chi connectivity index (χ1v) is 7.88. The molecule has 0 aliphatic rings. The minimum Gasteiger partial charge on any atom is -0.297 e. The molecule has 2 aromatic heterocycles. The highest BCUT2D eigenvalue weighted by Gasteiger charge is 2.08. The van der Waals surface area contributed by atoms with E-state index in [1.165, 1.54) is 17.6 Å². The van der Waals surface area contributed by atoms with E-state index < -0.39 is 0 Å². The molecule has 0 radical (unpaired) electrons. The topological polar surface area (TPSA) is 54.9 Å². The van der Waals surface area contributed by atoms with Crippen LogP contribution in [0.25, 0.3) is 16.8 Å². The average molecular weight is 313 g/mol. The monoisotopic (exact) mass is 313 g/mol. The second kappa shape index (κ2) is 6.43. The zero-order chi connectivity index (χ0) is 14.5. The maximum absolute atomic E-state index is 11.8. The van der Waals surface area contributed by atoms with Crippen LogP contribution in [-0.2, 0) is 4.79 Å². The summed E-state index contributed by atoms with van der Waals surface area (Å²) in [6.45, 7) is 0. The standard InChI is InChI=1S/C15H11N3OS2/c19-13(9-8-11-5-2-1-3-6-11)16-15-17-14(18-21-15)12-7-4-10-20-12/h1-10H,(H,16,17,18,19)/b9-8+. The fourth-order valence-corrected chi connectivity index (χ4v) is 2.96. The summed E-state index contributed by atoms with van der Waals surface area (Å²) in [6, 6.07) is 13.6. The van der Waals surface area contributed by atoms with Crippen molar-refractivity contribution in [2.45, 2.75) is 0 Å². The second-order valence-electron chi connectivity index (χ2n) is 4.13. The number of benzene rings is 1. The molecule has 0 spiro atoms. The number of carbonyl (C=O) groups is 1. The largest absolute Gasteiger partial charge is 0.297 e. The van der Waals surface area contributed by atoms with Crippen molar-refractivity contribution in [3.8, 4) is 10.7 Å². The van der Waals surface area contributed by atoms with Gasteiger partial charge in [0.2, 0.25) is 11.0 Å². The van der Waals surface area contributed by atoms with Gasteiger partial charge >= 0.3 is 0 Å². The number of aromatic nitrogens is 2. The van der Waals surface area contributed by atoms with Crippen molar-refractivity contribution in [1.29, 1.82) is 0 Å². The lowest BCUT2D eigenvalue weighted by atomic mass is 10.2. The third-order valence-corrected chi connectivity index (χ3v) is 4.12. The Hall–Kier alpha value is -2.31. The Bertz CT molecular complexity index is 748. The molecule has 0 saturated carbocycles. The Morgan fingerprint density at radius 2 is 2.00 bits per heavy atom. The van der Waals surface area contributed by atoms with Gasteiger partial charge in [-0.05, 0) is 23.1 Å². The zero-order valence-electron chi connectivity index (χ0n) is 10.9. The van der Waals surface area contributed by atoms with E-state index in [4.69, 9.17) is 0 Å². The molecule has 104 valence electrons. The number of thiophene rings is 1. The molecule has 0 unspecified atom stereocenters. The molecule has 0 fully saturated rings. The lowest BCUT2D eigenvalue weighted by Crippen LogP contribution is -2.07. The van der Waals surface area contributed by atoms with Gasteiger partial charge in [-0.3, -0.25) is 10.1 Å². The molecule has 6 heteroatoms. The molecular weight excluding hydrogens is 302 g/mol. The van der Waals surface area contributed by atoms with Crippen LogP contribution in [0.2, 0.25) is 0 Å². The Morgan fingerprint density at radius 1 is 1.14 bits per heavy atom. The molecule has 0 aliphatic heterocycles. The quantitative estimate of drug-likeness (QED) is 0.743. The molecule has 1 N–H and O–H groups in total. The first-order valence-electron chi connectivity index (χ1n) is 6.23. The number of hydrogen-bond donors (Lipinski definition) is 1. The van der Waals surface area contributed by atoms with E-state index in [-0.39, 0.29) is 5.91 Å². The Balaban J connectivity index is 1.64. The molecule has 1 aromatic carbocycles. The number of nitrogens with one attached hydrogen (secondary N) is 1. The van der Waals surface area contributed by atoms with Crippen molar-refractivity contribution in [3.63, 3.8) is 0 Å². The highest BCUT2D eigenvalue weighted by atomic mass is 32.1. The number of hydrogen-bond acceptors (Lipinski definition) is 5. The van der Waals surface area contributed by atoms with E-state index in [0.717, 1.165) is 10.4 Å². The van der Waals surface area contributed by atoms with Gasteiger partial charge in [-0.25, -0.2) is 0 Å². The summed E-state index contributed by atoms with van der Waals surface area (Å²) in [5, 5.41) is 5.19. The smallest absolute Gasteiger partial charge is 0.250 e. The van der Waals surface area contributed by atoms with Gasteiger partial charge in [-0.2, -0.15) is 9.36 Å². The number of anilines is 1. The lowest BCUT2D eigenvalue weighted by molar-refractivity contribution is -0.111. The summed E-state index contributed by atoms with van der Waals surface area (Å²) in [5.41, 5.74) is 0.976. The van der Waals surface area contributed by atoms with Crippen molar-refractivity contribution in [2.24, 2.45) is 0 Å². The van der Waals surface area contributed by atoms with E-state index in [9.17, 15) is 4.79 Å². The minimum atomic E-state index is -0.215. The van der Waals surface area contributed by atoms with Crippen molar-refractivity contribution in [2.75, 3.05) is 5.32 Å². The van der Waals surface area contributed by atoms with Crippen LogP contribution < -0.4 is 5.32 Å². The zero-order valence-corrected chi connectivity index (χ0v) is 12.5. The van der Waals surface area contributed by atoms with Crippen molar-refractivity contribution < 1.29 is 4.79 Å². The van der Waals surface area contributed by atoms with Gasteiger partial charge in [0.05, 0.1) is 4.88 Å². The van der Waals surface area contributed by atoms with Crippen LogP contribution >= 0.6 is 22.9 Å². The van der Waals surface area contributed by atoms with Gasteiger partial charge < -0.3 is 0 Å². The Labute approximate surface area is 130 Å². The second-order valence-corrected chi connectivity index (χ2v) is 5.83. The number of nitrogens with zero attached hydrogens (tertiary/aromatic N) is 2. The number of rotatable bonds is 4. The molecule has 0 bridgehead atoms. The van der Waals surface area contributed by atoms with Gasteiger partial charge in [0.25, 0.3) is 0 Å². The van der Waals surface area contributed by atoms with Crippen LogP contribution in [0.15, 0.2) is 53.9 Å². The summed E-state index contributed by atoms with van der Waals surface area (Å²) < 4.78 is 4.23. The third-order valence-electron chi connectivity index (χ3n) is 2.62. The molecule has 2 heterocycles. The average Bonchev–Trinajstić information content (AvgIpc) is 3.17. The third kappa shape index (κ3) is 3.62. The normalized spacial score (nSPS) is 10.9. The van der Waals surface area contributed by atoms with Crippen LogP contribution in [0, 0.1) is 0 Å². The predicted octanol–water partition coefficient (Wildman–Crippen LogP) is 3.92. The first-order chi connectivity index (χ1) is 10.3. The molecule has 1 amide bonds. The molecule has 3 rings (SSSR count). The summed E-state index contributed by atoms with van der Waals surface area (Å²) in [6.07, 6.45) is 3.25. The van der Waals surface area contributed by atoms with Crippen LogP contribution in [0.5, 0.6) is 0 Å². The highest BCUT2D eigenvalue weighted by molar-refractivity contribution is 7.14. The number of carbonyl (C=O) groups excluding carboxylic acids is 1. The van der Waals surface area contributed by atoms with Gasteiger partial charge in [-0.15, -0.1) is 11.3 Å². The predicted molar refractivity (Wildman–Crippen MR) is 87.3 cm³/mol. The molecule has 0 aliphatic carbocycles. The SMILES string of the molecule is O=C(/C=C/c1ccccc1)Nc1nc(-c2cccs2)ns1. The summed E-state index contributed by atoms with van der Waals surface area (Å²) in [7, 11) is 0. The first kappa shape index (κ1) is 13.7. The minimum absolute atomic E-state index is 0.215. The van der Waals surface area contributed by atoms with E-state index in [0.29, 0.717) is 11.0 Å². The summed E-state index contributed by atoms with van der Waals surface area (Å²) >= 11 is 2.75. The van der Waals surface area contributed by atoms with Crippen LogP contribution in [0.1, 0.15) is 5.56 Å². The van der Waals surface area contributed by atoms with Crippen molar-refractivity contribution in [1.82, 2.24) is 9.36 Å². The maximum Gasteiger partial charge on any atom is 0.250 e. The molecule has 0 saturated heterocycles. The van der Waals surface area contributed by atoms with Gasteiger partial charge in [0.15, 0.2) is 5.82 Å². The van der Waals surface area contributed by atoms with E-state index in [1.807, 2.05) is 47.8 Å². The van der Waals surface area contributed by atoms with Crippen LogP contribution in [0.4, 0.5) is 5.13 Å². The lowest BCUT2D eigenvalue weighted by Gasteiger charge is -1.95. The Morgan fingerprint density at radius 3 is 2.76 bits per heavy atom. The van der Waals surface area contributed by atoms with Gasteiger partial charge in [0.1, 0.15) is 0 Å². The van der Waals surface area contributed by atoms with E-state index in [1.54, 1.807) is 17.4 Å². The molecule has 3 aromatic rings. The number of amides is 1. The molecule has 0 atom stereocenters.